The van der Waals surface area contributed by atoms with Crippen LogP contribution in [-0.4, -0.2) is 15.7 Å². The molecule has 1 rings (SSSR count). The van der Waals surface area contributed by atoms with E-state index >= 15 is 0 Å². The van der Waals surface area contributed by atoms with E-state index in [9.17, 15) is 9.90 Å². The number of carboxylic acids is 1. The van der Waals surface area contributed by atoms with E-state index in [1.807, 2.05) is 0 Å². The van der Waals surface area contributed by atoms with E-state index in [0.717, 1.165) is 12.8 Å². The Balaban J connectivity index is 2.84. The maximum atomic E-state index is 10.4. The van der Waals surface area contributed by atoms with Crippen LogP contribution in [0.1, 0.15) is 43.2 Å². The Kier molecular flexibility index (Phi) is 3.06. The molecule has 0 unspecified atom stereocenters. The first-order valence-corrected chi connectivity index (χ1v) is 4.45. The lowest BCUT2D eigenvalue weighted by Gasteiger charge is -2.12. The van der Waals surface area contributed by atoms with E-state index in [2.05, 4.69) is 18.9 Å². The molecular weight excluding hydrogens is 168 g/mol. The summed E-state index contributed by atoms with van der Waals surface area (Å²) in [6.07, 6.45) is 3.58. The maximum Gasteiger partial charge on any atom is 0.108 e. The first-order valence-electron chi connectivity index (χ1n) is 4.45. The molecule has 1 heterocycles. The summed E-state index contributed by atoms with van der Waals surface area (Å²) >= 11 is 0. The molecule has 1 aromatic rings. The number of aromatic nitrogens is 2. The van der Waals surface area contributed by atoms with Crippen molar-refractivity contribution in [2.24, 2.45) is 0 Å². The van der Waals surface area contributed by atoms with Gasteiger partial charge in [0.15, 0.2) is 0 Å². The number of carboxylic acid groups (broad SMARTS) is 1. The van der Waals surface area contributed by atoms with Gasteiger partial charge >= 0.3 is 0 Å². The lowest BCUT2D eigenvalue weighted by molar-refractivity contribution is -0.255. The zero-order valence-electron chi connectivity index (χ0n) is 7.86. The van der Waals surface area contributed by atoms with Crippen LogP contribution >= 0.6 is 0 Å². The molecule has 0 fully saturated rings. The highest BCUT2D eigenvalue weighted by Crippen LogP contribution is 2.13. The van der Waals surface area contributed by atoms with Crippen molar-refractivity contribution >= 4 is 5.97 Å². The second-order valence-electron chi connectivity index (χ2n) is 2.94. The average molecular weight is 181 g/mol. The summed E-state index contributed by atoms with van der Waals surface area (Å²) in [6, 6.07) is 1.75. The molecule has 0 aliphatic heterocycles. The van der Waals surface area contributed by atoms with Crippen molar-refractivity contribution in [3.05, 3.63) is 18.0 Å². The predicted molar refractivity (Wildman–Crippen MR) is 46.2 cm³/mol. The Bertz CT molecular complexity index is 290. The summed E-state index contributed by atoms with van der Waals surface area (Å²) in [5, 5.41) is 14.3. The molecule has 4 nitrogen and oxygen atoms in total. The molecule has 0 saturated heterocycles. The van der Waals surface area contributed by atoms with Crippen LogP contribution in [0.5, 0.6) is 0 Å². The molecular formula is C9H13N2O2-. The highest BCUT2D eigenvalue weighted by molar-refractivity contribution is 5.83. The van der Waals surface area contributed by atoms with Gasteiger partial charge in [0, 0.05) is 6.20 Å². The molecule has 0 radical (unpaired) electrons. The van der Waals surface area contributed by atoms with E-state index in [1.165, 1.54) is 6.07 Å². The number of aromatic carboxylic acids is 1. The van der Waals surface area contributed by atoms with Crippen LogP contribution in [0.25, 0.3) is 0 Å². The summed E-state index contributed by atoms with van der Waals surface area (Å²) in [6.45, 7) is 4.10. The van der Waals surface area contributed by atoms with Gasteiger partial charge in [-0.2, -0.15) is 5.10 Å². The SMILES string of the molecule is CCC(CC)n1ccc(C(=O)[O-])n1. The molecule has 0 atom stereocenters. The largest absolute Gasteiger partial charge is 0.543 e. The molecule has 0 aromatic carbocycles. The highest BCUT2D eigenvalue weighted by Gasteiger charge is 2.07. The molecule has 0 aliphatic carbocycles. The normalized spacial score (nSPS) is 10.7. The number of nitrogens with zero attached hydrogens (tertiary/aromatic N) is 2. The molecule has 1 aromatic heterocycles. The first-order chi connectivity index (χ1) is 6.19. The van der Waals surface area contributed by atoms with Crippen LogP contribution in [0, 0.1) is 0 Å². The number of carbonyl (C=O) groups excluding carboxylic acids is 1. The van der Waals surface area contributed by atoms with Gasteiger partial charge in [0.1, 0.15) is 5.69 Å². The van der Waals surface area contributed by atoms with Gasteiger partial charge < -0.3 is 9.90 Å². The Hall–Kier alpha value is -1.32. The highest BCUT2D eigenvalue weighted by atomic mass is 16.4. The molecule has 0 amide bonds. The van der Waals surface area contributed by atoms with Crippen LogP contribution in [0.2, 0.25) is 0 Å². The van der Waals surface area contributed by atoms with Gasteiger partial charge in [-0.3, -0.25) is 4.68 Å². The molecule has 13 heavy (non-hydrogen) atoms. The smallest absolute Gasteiger partial charge is 0.108 e. The summed E-state index contributed by atoms with van der Waals surface area (Å²) < 4.78 is 1.69. The van der Waals surface area contributed by atoms with Crippen molar-refractivity contribution in [1.29, 1.82) is 0 Å². The first kappa shape index (κ1) is 9.77. The zero-order chi connectivity index (χ0) is 9.84. The standard InChI is InChI=1S/C9H14N2O2/c1-3-7(4-2)11-6-5-8(10-11)9(12)13/h5-7H,3-4H2,1-2H3,(H,12,13)/p-1. The van der Waals surface area contributed by atoms with Gasteiger partial charge in [-0.05, 0) is 18.9 Å². The van der Waals surface area contributed by atoms with Gasteiger partial charge in [-0.25, -0.2) is 0 Å². The topological polar surface area (TPSA) is 58.0 Å². The second kappa shape index (κ2) is 4.07. The van der Waals surface area contributed by atoms with E-state index in [0.29, 0.717) is 0 Å². The molecule has 0 spiro atoms. The number of hydrogen-bond acceptors (Lipinski definition) is 3. The minimum atomic E-state index is -1.22. The number of carbonyl (C=O) groups is 1. The maximum absolute atomic E-state index is 10.4. The minimum absolute atomic E-state index is 0.00639. The summed E-state index contributed by atoms with van der Waals surface area (Å²) in [5.41, 5.74) is 0.00639. The van der Waals surface area contributed by atoms with Gasteiger partial charge in [-0.1, -0.05) is 13.8 Å². The van der Waals surface area contributed by atoms with Crippen LogP contribution in [0.3, 0.4) is 0 Å². The molecule has 0 aliphatic rings. The third-order valence-corrected chi connectivity index (χ3v) is 2.13. The molecule has 4 heteroatoms. The van der Waals surface area contributed by atoms with Crippen molar-refractivity contribution in [3.8, 4) is 0 Å². The predicted octanol–water partition coefficient (Wildman–Crippen LogP) is 0.608. The summed E-state index contributed by atoms with van der Waals surface area (Å²) in [4.78, 5) is 10.4. The van der Waals surface area contributed by atoms with Gasteiger partial charge in [-0.15, -0.1) is 0 Å². The van der Waals surface area contributed by atoms with Crippen molar-refractivity contribution in [2.75, 3.05) is 0 Å². The Labute approximate surface area is 77.2 Å². The van der Waals surface area contributed by atoms with E-state index < -0.39 is 5.97 Å². The fraction of sp³-hybridized carbons (Fsp3) is 0.556. The van der Waals surface area contributed by atoms with Crippen molar-refractivity contribution in [2.45, 2.75) is 32.7 Å². The van der Waals surface area contributed by atoms with Gasteiger partial charge in [0.25, 0.3) is 0 Å². The Morgan fingerprint density at radius 3 is 2.62 bits per heavy atom. The lowest BCUT2D eigenvalue weighted by atomic mass is 10.2. The monoisotopic (exact) mass is 181 g/mol. The lowest BCUT2D eigenvalue weighted by Crippen LogP contribution is -2.23. The quantitative estimate of drug-likeness (QED) is 0.683. The van der Waals surface area contributed by atoms with Crippen LogP contribution < -0.4 is 5.11 Å². The molecule has 0 N–H and O–H groups in total. The molecule has 72 valence electrons. The zero-order valence-corrected chi connectivity index (χ0v) is 7.86. The van der Waals surface area contributed by atoms with E-state index in [1.54, 1.807) is 10.9 Å². The number of rotatable bonds is 4. The summed E-state index contributed by atoms with van der Waals surface area (Å²) in [5.74, 6) is -1.22. The van der Waals surface area contributed by atoms with Crippen LogP contribution in [-0.2, 0) is 0 Å². The van der Waals surface area contributed by atoms with Gasteiger partial charge in [0.2, 0.25) is 0 Å². The molecule has 0 saturated carbocycles. The second-order valence-corrected chi connectivity index (χ2v) is 2.94. The van der Waals surface area contributed by atoms with E-state index in [4.69, 9.17) is 0 Å². The van der Waals surface area contributed by atoms with Crippen LogP contribution in [0.4, 0.5) is 0 Å². The third kappa shape index (κ3) is 2.08. The average Bonchev–Trinajstić information content (AvgIpc) is 2.56. The summed E-state index contributed by atoms with van der Waals surface area (Å²) in [7, 11) is 0. The Morgan fingerprint density at radius 2 is 2.23 bits per heavy atom. The fourth-order valence-electron chi connectivity index (χ4n) is 1.31. The third-order valence-electron chi connectivity index (χ3n) is 2.13. The minimum Gasteiger partial charge on any atom is -0.543 e. The number of hydrogen-bond donors (Lipinski definition) is 0. The van der Waals surface area contributed by atoms with Crippen LogP contribution in [0.15, 0.2) is 12.3 Å². The molecule has 0 bridgehead atoms. The van der Waals surface area contributed by atoms with Crippen molar-refractivity contribution in [1.82, 2.24) is 9.78 Å². The Morgan fingerprint density at radius 1 is 1.62 bits per heavy atom. The van der Waals surface area contributed by atoms with Gasteiger partial charge in [0.05, 0.1) is 12.0 Å². The van der Waals surface area contributed by atoms with E-state index in [-0.39, 0.29) is 11.7 Å². The van der Waals surface area contributed by atoms with Crippen molar-refractivity contribution in [3.63, 3.8) is 0 Å². The van der Waals surface area contributed by atoms with Crippen molar-refractivity contribution < 1.29 is 9.90 Å². The fourth-order valence-corrected chi connectivity index (χ4v) is 1.31.